The van der Waals surface area contributed by atoms with Crippen LogP contribution < -0.4 is 4.90 Å². The van der Waals surface area contributed by atoms with Crippen molar-refractivity contribution < 1.29 is 14.3 Å². The molecule has 0 unspecified atom stereocenters. The zero-order chi connectivity index (χ0) is 11.0. The Balaban J connectivity index is 2.39. The molecule has 15 heavy (non-hydrogen) atoms. The van der Waals surface area contributed by atoms with Crippen LogP contribution in [0, 0.1) is 0 Å². The van der Waals surface area contributed by atoms with Crippen molar-refractivity contribution in [3.63, 3.8) is 0 Å². The van der Waals surface area contributed by atoms with Gasteiger partial charge in [0.05, 0.1) is 5.69 Å². The summed E-state index contributed by atoms with van der Waals surface area (Å²) in [6.07, 6.45) is -0.715. The summed E-state index contributed by atoms with van der Waals surface area (Å²) < 4.78 is 5.47. The number of carbonyl (C=O) groups excluding carboxylic acids is 2. The van der Waals surface area contributed by atoms with Crippen LogP contribution in [0.4, 0.5) is 10.5 Å². The molecule has 0 aromatic heterocycles. The quantitative estimate of drug-likeness (QED) is 0.735. The van der Waals surface area contributed by atoms with Gasteiger partial charge in [0.25, 0.3) is 0 Å². The van der Waals surface area contributed by atoms with Crippen LogP contribution in [0.3, 0.4) is 0 Å². The Morgan fingerprint density at radius 1 is 1.20 bits per heavy atom. The van der Waals surface area contributed by atoms with Crippen molar-refractivity contribution in [1.29, 1.82) is 0 Å². The number of ether oxygens (including phenoxy) is 1. The summed E-state index contributed by atoms with van der Waals surface area (Å²) in [5.41, 5.74) is 0.465. The summed E-state index contributed by atoms with van der Waals surface area (Å²) in [5.74, 6) is -0.676. The molecule has 5 heteroatoms. The molecule has 1 fully saturated rings. The maximum Gasteiger partial charge on any atom is 0.427 e. The van der Waals surface area contributed by atoms with E-state index < -0.39 is 12.0 Å². The molecule has 0 spiro atoms. The number of benzene rings is 1. The third-order valence-electron chi connectivity index (χ3n) is 1.92. The first-order valence-electron chi connectivity index (χ1n) is 4.10. The fourth-order valence-electron chi connectivity index (χ4n) is 1.22. The number of anilines is 1. The Morgan fingerprint density at radius 2 is 1.80 bits per heavy atom. The molecule has 0 bridgehead atoms. The predicted molar refractivity (Wildman–Crippen MR) is 57.2 cm³/mol. The summed E-state index contributed by atoms with van der Waals surface area (Å²) >= 11 is 3.26. The van der Waals surface area contributed by atoms with Crippen molar-refractivity contribution in [2.45, 2.75) is 0 Å². The second-order valence-electron chi connectivity index (χ2n) is 2.91. The summed E-state index contributed by atoms with van der Waals surface area (Å²) in [6, 6.07) is 6.75. The first-order valence-corrected chi connectivity index (χ1v) is 4.89. The highest BCUT2D eigenvalue weighted by molar-refractivity contribution is 9.10. The highest BCUT2D eigenvalue weighted by atomic mass is 79.9. The number of halogens is 1. The van der Waals surface area contributed by atoms with Gasteiger partial charge in [0.1, 0.15) is 0 Å². The molecule has 0 radical (unpaired) electrons. The molecule has 1 aliphatic rings. The Hall–Kier alpha value is -1.62. The molecule has 1 saturated heterocycles. The van der Waals surface area contributed by atoms with Crippen LogP contribution in [0.2, 0.25) is 0 Å². The standard InChI is InChI=1S/C10H6BrNO3/c1-6-9(13)12(10(14)15-6)8-4-2-7(11)3-5-8/h2-5H,1H2. The van der Waals surface area contributed by atoms with Gasteiger partial charge in [-0.2, -0.15) is 0 Å². The van der Waals surface area contributed by atoms with E-state index in [0.717, 1.165) is 9.37 Å². The van der Waals surface area contributed by atoms with E-state index in [1.807, 2.05) is 0 Å². The highest BCUT2D eigenvalue weighted by Gasteiger charge is 2.36. The van der Waals surface area contributed by atoms with Gasteiger partial charge in [-0.1, -0.05) is 15.9 Å². The van der Waals surface area contributed by atoms with E-state index >= 15 is 0 Å². The first-order chi connectivity index (χ1) is 7.09. The number of rotatable bonds is 1. The monoisotopic (exact) mass is 267 g/mol. The lowest BCUT2D eigenvalue weighted by molar-refractivity contribution is -0.114. The molecule has 0 N–H and O–H groups in total. The molecule has 1 aromatic rings. The predicted octanol–water partition coefficient (Wildman–Crippen LogP) is 2.45. The van der Waals surface area contributed by atoms with Gasteiger partial charge in [-0.25, -0.2) is 9.69 Å². The Morgan fingerprint density at radius 3 is 2.27 bits per heavy atom. The summed E-state index contributed by atoms with van der Waals surface area (Å²) in [6.45, 7) is 3.34. The maximum absolute atomic E-state index is 11.5. The minimum Gasteiger partial charge on any atom is -0.404 e. The van der Waals surface area contributed by atoms with Crippen LogP contribution in [-0.2, 0) is 9.53 Å². The number of carbonyl (C=O) groups is 2. The van der Waals surface area contributed by atoms with Crippen LogP contribution in [0.25, 0.3) is 0 Å². The summed E-state index contributed by atoms with van der Waals surface area (Å²) in [4.78, 5) is 23.7. The molecular formula is C10H6BrNO3. The van der Waals surface area contributed by atoms with Crippen molar-refractivity contribution in [3.05, 3.63) is 41.1 Å². The van der Waals surface area contributed by atoms with Crippen molar-refractivity contribution in [1.82, 2.24) is 0 Å². The Labute approximate surface area is 94.3 Å². The second kappa shape index (κ2) is 3.51. The van der Waals surface area contributed by atoms with Gasteiger partial charge in [0.15, 0.2) is 5.76 Å². The average molecular weight is 268 g/mol. The van der Waals surface area contributed by atoms with Crippen LogP contribution in [-0.4, -0.2) is 12.0 Å². The molecule has 2 rings (SSSR count). The molecule has 0 saturated carbocycles. The van der Waals surface area contributed by atoms with Crippen molar-refractivity contribution in [2.24, 2.45) is 0 Å². The van der Waals surface area contributed by atoms with E-state index in [0.29, 0.717) is 5.69 Å². The highest BCUT2D eigenvalue weighted by Crippen LogP contribution is 2.25. The normalized spacial score (nSPS) is 15.8. The van der Waals surface area contributed by atoms with E-state index in [9.17, 15) is 9.59 Å². The SMILES string of the molecule is C=C1OC(=O)N(c2ccc(Br)cc2)C1=O. The zero-order valence-electron chi connectivity index (χ0n) is 7.57. The molecule has 2 amide bonds. The molecule has 0 atom stereocenters. The van der Waals surface area contributed by atoms with Crippen LogP contribution in [0.5, 0.6) is 0 Å². The van der Waals surface area contributed by atoms with Gasteiger partial charge in [-0.3, -0.25) is 4.79 Å². The van der Waals surface area contributed by atoms with Gasteiger partial charge in [0, 0.05) is 4.47 Å². The number of cyclic esters (lactones) is 1. The molecule has 0 aliphatic carbocycles. The fourth-order valence-corrected chi connectivity index (χ4v) is 1.48. The van der Waals surface area contributed by atoms with Gasteiger partial charge in [-0.15, -0.1) is 0 Å². The van der Waals surface area contributed by atoms with Gasteiger partial charge < -0.3 is 4.74 Å². The van der Waals surface area contributed by atoms with Crippen LogP contribution in [0.15, 0.2) is 41.1 Å². The lowest BCUT2D eigenvalue weighted by atomic mass is 10.3. The second-order valence-corrected chi connectivity index (χ2v) is 3.82. The van der Waals surface area contributed by atoms with Gasteiger partial charge in [0.2, 0.25) is 0 Å². The third kappa shape index (κ3) is 1.66. The van der Waals surface area contributed by atoms with E-state index in [1.165, 1.54) is 0 Å². The van der Waals surface area contributed by atoms with E-state index in [4.69, 9.17) is 0 Å². The van der Waals surface area contributed by atoms with Gasteiger partial charge in [-0.05, 0) is 30.8 Å². The molecule has 1 aromatic carbocycles. The number of nitrogens with zero attached hydrogens (tertiary/aromatic N) is 1. The Kier molecular flexibility index (Phi) is 2.32. The largest absolute Gasteiger partial charge is 0.427 e. The van der Waals surface area contributed by atoms with Crippen LogP contribution >= 0.6 is 15.9 Å². The topological polar surface area (TPSA) is 46.6 Å². The maximum atomic E-state index is 11.5. The smallest absolute Gasteiger partial charge is 0.404 e. The zero-order valence-corrected chi connectivity index (χ0v) is 9.15. The van der Waals surface area contributed by atoms with E-state index in [-0.39, 0.29) is 5.76 Å². The van der Waals surface area contributed by atoms with Gasteiger partial charge >= 0.3 is 12.0 Å². The summed E-state index contributed by atoms with van der Waals surface area (Å²) in [5, 5.41) is 0. The number of amides is 2. The lowest BCUT2D eigenvalue weighted by Gasteiger charge is -2.09. The van der Waals surface area contributed by atoms with E-state index in [1.54, 1.807) is 24.3 Å². The van der Waals surface area contributed by atoms with Crippen molar-refractivity contribution in [3.8, 4) is 0 Å². The third-order valence-corrected chi connectivity index (χ3v) is 2.45. The first kappa shape index (κ1) is 9.92. The molecule has 1 aliphatic heterocycles. The molecule has 1 heterocycles. The van der Waals surface area contributed by atoms with Crippen molar-refractivity contribution >= 4 is 33.6 Å². The Bertz CT molecular complexity index is 452. The number of hydrogen-bond donors (Lipinski definition) is 0. The molecule has 76 valence electrons. The lowest BCUT2D eigenvalue weighted by Crippen LogP contribution is -2.28. The molecule has 4 nitrogen and oxygen atoms in total. The van der Waals surface area contributed by atoms with E-state index in [2.05, 4.69) is 27.2 Å². The minimum atomic E-state index is -0.715. The number of imide groups is 1. The summed E-state index contributed by atoms with van der Waals surface area (Å²) in [7, 11) is 0. The average Bonchev–Trinajstić information content (AvgIpc) is 2.44. The molecular weight excluding hydrogens is 262 g/mol. The number of hydrogen-bond acceptors (Lipinski definition) is 3. The minimum absolute atomic E-state index is 0.150. The van der Waals surface area contributed by atoms with Crippen molar-refractivity contribution in [2.75, 3.05) is 4.90 Å². The van der Waals surface area contributed by atoms with Crippen LogP contribution in [0.1, 0.15) is 0 Å². The fraction of sp³-hybridized carbons (Fsp3) is 0.